The van der Waals surface area contributed by atoms with Crippen LogP contribution in [0.25, 0.3) is 0 Å². The Morgan fingerprint density at radius 1 is 1.38 bits per heavy atom. The molecule has 0 bridgehead atoms. The van der Waals surface area contributed by atoms with Gasteiger partial charge in [-0.1, -0.05) is 0 Å². The van der Waals surface area contributed by atoms with Gasteiger partial charge in [-0.2, -0.15) is 0 Å². The average molecular weight is 156 g/mol. The number of carbonyl (C=O) groups excluding carboxylic acids is 1. The van der Waals surface area contributed by atoms with E-state index in [9.17, 15) is 4.79 Å². The van der Waals surface area contributed by atoms with Gasteiger partial charge < -0.3 is 0 Å². The fourth-order valence-corrected chi connectivity index (χ4v) is 1.42. The fourth-order valence-electron chi connectivity index (χ4n) is 1.13. The molecular weight excluding hydrogens is 147 g/mol. The molecule has 0 amide bonds. The van der Waals surface area contributed by atoms with Crippen LogP contribution in [-0.2, 0) is 20.3 Å². The number of hydrogen-bond acceptors (Lipinski definition) is 1. The van der Waals surface area contributed by atoms with Crippen molar-refractivity contribution in [3.05, 3.63) is 0 Å². The Kier molecular flexibility index (Phi) is 2.07. The van der Waals surface area contributed by atoms with Crippen LogP contribution >= 0.6 is 0 Å². The molecule has 1 nitrogen and oxygen atoms in total. The van der Waals surface area contributed by atoms with Crippen LogP contribution in [0.4, 0.5) is 0 Å². The summed E-state index contributed by atoms with van der Waals surface area (Å²) >= 11 is 4.22. The number of rotatable bonds is 1. The molecule has 0 aromatic heterocycles. The van der Waals surface area contributed by atoms with E-state index in [0.29, 0.717) is 0 Å². The molecule has 49 valence electrons. The van der Waals surface area contributed by atoms with Crippen molar-refractivity contribution in [2.45, 2.75) is 25.7 Å². The van der Waals surface area contributed by atoms with Gasteiger partial charge in [0.1, 0.15) is 0 Å². The van der Waals surface area contributed by atoms with Crippen molar-refractivity contribution in [1.29, 1.82) is 0 Å². The molecule has 0 unspecified atom stereocenters. The van der Waals surface area contributed by atoms with Crippen LogP contribution in [0, 0.1) is 5.92 Å². The van der Waals surface area contributed by atoms with Gasteiger partial charge in [-0.3, -0.25) is 0 Å². The molecule has 0 radical (unpaired) electrons. The van der Waals surface area contributed by atoms with Crippen molar-refractivity contribution < 1.29 is 20.3 Å². The van der Waals surface area contributed by atoms with Gasteiger partial charge in [0.25, 0.3) is 0 Å². The first-order valence-corrected chi connectivity index (χ1v) is 3.46. The zero-order valence-electron chi connectivity index (χ0n) is 4.63. The van der Waals surface area contributed by atoms with E-state index in [1.54, 1.807) is 0 Å². The topological polar surface area (TPSA) is 17.1 Å². The molecule has 0 aromatic rings. The first-order valence-electron chi connectivity index (χ1n) is 2.97. The molecule has 0 atom stereocenters. The van der Waals surface area contributed by atoms with Gasteiger partial charge in [-0.05, 0) is 0 Å². The van der Waals surface area contributed by atoms with E-state index in [2.05, 4.69) is 15.5 Å². The van der Waals surface area contributed by atoms with E-state index in [-0.39, 0.29) is 10.7 Å². The summed E-state index contributed by atoms with van der Waals surface area (Å²) in [5, 5.41) is 0. The summed E-state index contributed by atoms with van der Waals surface area (Å²) in [5.74, 6) is 0.259. The molecule has 0 saturated heterocycles. The van der Waals surface area contributed by atoms with Crippen molar-refractivity contribution in [2.24, 2.45) is 5.92 Å². The minimum atomic E-state index is 0.0162. The van der Waals surface area contributed by atoms with Crippen molar-refractivity contribution in [3.8, 4) is 0 Å². The Bertz CT molecular complexity index is 94.7. The fraction of sp³-hybridized carbons (Fsp3) is 0.833. The van der Waals surface area contributed by atoms with E-state index in [0.717, 1.165) is 12.8 Å². The molecule has 1 rings (SSSR count). The second-order valence-electron chi connectivity index (χ2n) is 2.26. The molecule has 0 spiro atoms. The predicted molar refractivity (Wildman–Crippen MR) is 27.0 cm³/mol. The monoisotopic (exact) mass is 155 g/mol. The zero-order chi connectivity index (χ0) is 5.98. The van der Waals surface area contributed by atoms with Crippen molar-refractivity contribution in [2.75, 3.05) is 0 Å². The summed E-state index contributed by atoms with van der Waals surface area (Å²) < 4.78 is 0.0162. The van der Waals surface area contributed by atoms with Crippen LogP contribution in [-0.4, -0.2) is 4.75 Å². The molecular formula is C6H9NiO. The second kappa shape index (κ2) is 2.63. The van der Waals surface area contributed by atoms with Crippen molar-refractivity contribution in [1.82, 2.24) is 0 Å². The van der Waals surface area contributed by atoms with E-state index in [4.69, 9.17) is 0 Å². The summed E-state index contributed by atoms with van der Waals surface area (Å²) in [6, 6.07) is 0. The Morgan fingerprint density at radius 3 is 2.12 bits per heavy atom. The Labute approximate surface area is 57.2 Å². The van der Waals surface area contributed by atoms with Gasteiger partial charge >= 0.3 is 56.6 Å². The summed E-state index contributed by atoms with van der Waals surface area (Å²) in [6.07, 6.45) is 4.53. The summed E-state index contributed by atoms with van der Waals surface area (Å²) in [4.78, 5) is 10.5. The third kappa shape index (κ3) is 1.32. The van der Waals surface area contributed by atoms with Gasteiger partial charge in [-0.25, -0.2) is 0 Å². The molecule has 1 aliphatic carbocycles. The third-order valence-electron chi connectivity index (χ3n) is 1.65. The van der Waals surface area contributed by atoms with E-state index >= 15 is 0 Å². The van der Waals surface area contributed by atoms with E-state index in [1.807, 2.05) is 0 Å². The zero-order valence-corrected chi connectivity index (χ0v) is 5.62. The summed E-state index contributed by atoms with van der Waals surface area (Å²) in [5.41, 5.74) is 0. The number of carbonyl (C=O) groups is 1. The molecule has 1 fully saturated rings. The summed E-state index contributed by atoms with van der Waals surface area (Å²) in [7, 11) is 0. The van der Waals surface area contributed by atoms with Crippen molar-refractivity contribution in [3.63, 3.8) is 0 Å². The standard InChI is InChI=1S/C6H9O.Ni/c7-5-6-3-1-2-4-6;/h6H,1-4H2;. The summed E-state index contributed by atoms with van der Waals surface area (Å²) in [6.45, 7) is 0. The van der Waals surface area contributed by atoms with E-state index in [1.165, 1.54) is 12.8 Å². The quantitative estimate of drug-likeness (QED) is 0.522. The van der Waals surface area contributed by atoms with Crippen LogP contribution in [0.5, 0.6) is 0 Å². The normalized spacial score (nSPS) is 21.8. The second-order valence-corrected chi connectivity index (χ2v) is 2.74. The average Bonchev–Trinajstić information content (AvgIpc) is 2.12. The van der Waals surface area contributed by atoms with Crippen LogP contribution in [0.2, 0.25) is 0 Å². The third-order valence-corrected chi connectivity index (χ3v) is 2.05. The first-order chi connectivity index (χ1) is 3.80. The maximum absolute atomic E-state index is 10.5. The molecule has 2 heteroatoms. The molecule has 0 N–H and O–H groups in total. The van der Waals surface area contributed by atoms with Crippen LogP contribution in [0.15, 0.2) is 0 Å². The number of hydrogen-bond donors (Lipinski definition) is 0. The minimum absolute atomic E-state index is 0.0162. The van der Waals surface area contributed by atoms with Gasteiger partial charge in [-0.15, -0.1) is 0 Å². The van der Waals surface area contributed by atoms with Crippen LogP contribution in [0.3, 0.4) is 0 Å². The Hall–Kier alpha value is 0.164. The molecule has 0 aromatic carbocycles. The van der Waals surface area contributed by atoms with Gasteiger partial charge in [0.2, 0.25) is 0 Å². The van der Waals surface area contributed by atoms with E-state index < -0.39 is 0 Å². The molecule has 0 aliphatic heterocycles. The van der Waals surface area contributed by atoms with Crippen molar-refractivity contribution >= 4 is 4.75 Å². The van der Waals surface area contributed by atoms with Crippen LogP contribution in [0.1, 0.15) is 25.7 Å². The molecule has 1 aliphatic rings. The predicted octanol–water partition coefficient (Wildman–Crippen LogP) is 1.25. The van der Waals surface area contributed by atoms with Gasteiger partial charge in [0.15, 0.2) is 0 Å². The molecule has 0 heterocycles. The van der Waals surface area contributed by atoms with Gasteiger partial charge in [0, 0.05) is 0 Å². The van der Waals surface area contributed by atoms with Gasteiger partial charge in [0.05, 0.1) is 0 Å². The first kappa shape index (κ1) is 6.29. The Morgan fingerprint density at radius 2 is 1.88 bits per heavy atom. The molecule has 1 saturated carbocycles. The Balaban J connectivity index is 2.35. The molecule has 8 heavy (non-hydrogen) atoms. The van der Waals surface area contributed by atoms with Crippen LogP contribution < -0.4 is 0 Å². The SMILES string of the molecule is O=[C]([Ni])C1CCCC1. The maximum atomic E-state index is 10.5.